The van der Waals surface area contributed by atoms with Crippen LogP contribution in [0.5, 0.6) is 0 Å². The SMILES string of the molecule is CCc1ccc(CNCCN2CC3=CCC(F)C=C3CC2Cc2ccc(F)cc2)cc1. The Labute approximate surface area is 184 Å². The second-order valence-electron chi connectivity index (χ2n) is 8.68. The zero-order valence-corrected chi connectivity index (χ0v) is 18.3. The molecule has 1 fully saturated rings. The summed E-state index contributed by atoms with van der Waals surface area (Å²) in [6.07, 6.45) is 6.27. The number of benzene rings is 2. The quantitative estimate of drug-likeness (QED) is 0.574. The lowest BCUT2D eigenvalue weighted by molar-refractivity contribution is 0.193. The van der Waals surface area contributed by atoms with Gasteiger partial charge in [-0.15, -0.1) is 0 Å². The molecule has 2 aliphatic rings. The minimum Gasteiger partial charge on any atom is -0.311 e. The molecule has 2 atom stereocenters. The second-order valence-corrected chi connectivity index (χ2v) is 8.68. The number of hydrogen-bond donors (Lipinski definition) is 1. The maximum absolute atomic E-state index is 13.9. The Morgan fingerprint density at radius 1 is 0.968 bits per heavy atom. The van der Waals surface area contributed by atoms with Crippen molar-refractivity contribution in [3.8, 4) is 0 Å². The molecule has 0 saturated carbocycles. The summed E-state index contributed by atoms with van der Waals surface area (Å²) in [5, 5.41) is 3.57. The smallest absolute Gasteiger partial charge is 0.123 e. The molecule has 31 heavy (non-hydrogen) atoms. The van der Waals surface area contributed by atoms with Crippen LogP contribution in [0.1, 0.15) is 36.5 Å². The van der Waals surface area contributed by atoms with Gasteiger partial charge in [-0.1, -0.05) is 49.4 Å². The maximum atomic E-state index is 13.9. The Morgan fingerprint density at radius 2 is 1.68 bits per heavy atom. The number of nitrogens with zero attached hydrogens (tertiary/aromatic N) is 1. The lowest BCUT2D eigenvalue weighted by atomic mass is 9.85. The van der Waals surface area contributed by atoms with Gasteiger partial charge in [0.2, 0.25) is 0 Å². The number of nitrogens with one attached hydrogen (secondary N) is 1. The van der Waals surface area contributed by atoms with Gasteiger partial charge in [0.1, 0.15) is 12.0 Å². The van der Waals surface area contributed by atoms with Crippen LogP contribution in [-0.2, 0) is 19.4 Å². The Morgan fingerprint density at radius 3 is 2.42 bits per heavy atom. The minimum atomic E-state index is -0.863. The van der Waals surface area contributed by atoms with Crippen LogP contribution in [0, 0.1) is 5.82 Å². The number of allylic oxidation sites excluding steroid dienone is 2. The molecule has 1 N–H and O–H groups in total. The van der Waals surface area contributed by atoms with Gasteiger partial charge in [0.15, 0.2) is 0 Å². The lowest BCUT2D eigenvalue weighted by Crippen LogP contribution is -2.46. The number of fused-ring (bicyclic) bond motifs is 1. The van der Waals surface area contributed by atoms with Gasteiger partial charge in [0.05, 0.1) is 0 Å². The van der Waals surface area contributed by atoms with Crippen LogP contribution in [0.3, 0.4) is 0 Å². The first-order valence-electron chi connectivity index (χ1n) is 11.4. The second kappa shape index (κ2) is 10.3. The molecule has 4 rings (SSSR count). The maximum Gasteiger partial charge on any atom is 0.123 e. The fourth-order valence-corrected chi connectivity index (χ4v) is 4.58. The Kier molecular flexibility index (Phi) is 7.31. The minimum absolute atomic E-state index is 0.208. The predicted octanol–water partition coefficient (Wildman–Crippen LogP) is 5.39. The van der Waals surface area contributed by atoms with Crippen LogP contribution in [-0.4, -0.2) is 36.7 Å². The van der Waals surface area contributed by atoms with Crippen LogP contribution >= 0.6 is 0 Å². The van der Waals surface area contributed by atoms with Crippen molar-refractivity contribution in [3.05, 3.63) is 94.3 Å². The van der Waals surface area contributed by atoms with Crippen molar-refractivity contribution in [1.29, 1.82) is 0 Å². The highest BCUT2D eigenvalue weighted by Gasteiger charge is 2.29. The van der Waals surface area contributed by atoms with E-state index < -0.39 is 6.17 Å². The molecule has 4 heteroatoms. The number of alkyl halides is 1. The van der Waals surface area contributed by atoms with Crippen LogP contribution in [0.2, 0.25) is 0 Å². The fraction of sp³-hybridized carbons (Fsp3) is 0.407. The van der Waals surface area contributed by atoms with Gasteiger partial charge in [0.25, 0.3) is 0 Å². The number of halogens is 2. The van der Waals surface area contributed by atoms with E-state index in [0.717, 1.165) is 56.6 Å². The van der Waals surface area contributed by atoms with E-state index >= 15 is 0 Å². The van der Waals surface area contributed by atoms with Crippen molar-refractivity contribution in [1.82, 2.24) is 10.2 Å². The summed E-state index contributed by atoms with van der Waals surface area (Å²) >= 11 is 0. The van der Waals surface area contributed by atoms with Crippen molar-refractivity contribution in [2.75, 3.05) is 19.6 Å². The standard InChI is InChI=1S/C27H32F2N2/c1-2-20-3-5-22(6-4-20)18-30-13-14-31-19-23-9-12-26(29)16-24(23)17-27(31)15-21-7-10-25(28)11-8-21/h3-11,16,26-27,30H,2,12-15,17-19H2,1H3. The van der Waals surface area contributed by atoms with E-state index in [4.69, 9.17) is 0 Å². The molecule has 1 aliphatic heterocycles. The van der Waals surface area contributed by atoms with Crippen LogP contribution < -0.4 is 5.32 Å². The van der Waals surface area contributed by atoms with Gasteiger partial charge in [0, 0.05) is 38.6 Å². The van der Waals surface area contributed by atoms with E-state index in [2.05, 4.69) is 47.5 Å². The molecule has 0 spiro atoms. The van der Waals surface area contributed by atoms with Crippen molar-refractivity contribution in [2.24, 2.45) is 0 Å². The molecule has 0 aromatic heterocycles. The Bertz CT molecular complexity index is 915. The third-order valence-corrected chi connectivity index (χ3v) is 6.45. The van der Waals surface area contributed by atoms with Gasteiger partial charge in [-0.3, -0.25) is 4.90 Å². The molecule has 0 radical (unpaired) electrons. The summed E-state index contributed by atoms with van der Waals surface area (Å²) in [6.45, 7) is 5.72. The molecule has 1 aliphatic carbocycles. The van der Waals surface area contributed by atoms with E-state index in [9.17, 15) is 8.78 Å². The van der Waals surface area contributed by atoms with Crippen molar-refractivity contribution >= 4 is 0 Å². The molecule has 2 aromatic rings. The molecule has 2 unspecified atom stereocenters. The van der Waals surface area contributed by atoms with Gasteiger partial charge < -0.3 is 5.32 Å². The molecule has 2 nitrogen and oxygen atoms in total. The van der Waals surface area contributed by atoms with E-state index in [1.807, 2.05) is 18.2 Å². The number of piperidine rings is 1. The number of hydrogen-bond acceptors (Lipinski definition) is 2. The molecule has 0 amide bonds. The molecule has 0 bridgehead atoms. The summed E-state index contributed by atoms with van der Waals surface area (Å²) in [4.78, 5) is 2.50. The molecular formula is C27H32F2N2. The topological polar surface area (TPSA) is 15.3 Å². The van der Waals surface area contributed by atoms with Gasteiger partial charge in [-0.05, 0) is 65.3 Å². The average Bonchev–Trinajstić information content (AvgIpc) is 2.79. The predicted molar refractivity (Wildman–Crippen MR) is 123 cm³/mol. The zero-order valence-electron chi connectivity index (χ0n) is 18.3. The number of likely N-dealkylation sites (tertiary alicyclic amines) is 1. The van der Waals surface area contributed by atoms with Crippen LogP contribution in [0.25, 0.3) is 0 Å². The van der Waals surface area contributed by atoms with Gasteiger partial charge >= 0.3 is 0 Å². The first-order valence-corrected chi connectivity index (χ1v) is 11.4. The Balaban J connectivity index is 1.37. The zero-order chi connectivity index (χ0) is 21.6. The summed E-state index contributed by atoms with van der Waals surface area (Å²) in [5.41, 5.74) is 6.22. The van der Waals surface area contributed by atoms with E-state index in [1.165, 1.54) is 28.8 Å². The normalized spacial score (nSPS) is 21.4. The Hall–Kier alpha value is -2.30. The third kappa shape index (κ3) is 5.90. The highest BCUT2D eigenvalue weighted by Crippen LogP contribution is 2.32. The first-order chi connectivity index (χ1) is 15.1. The summed E-state index contributed by atoms with van der Waals surface area (Å²) in [7, 11) is 0. The first kappa shape index (κ1) is 21.9. The van der Waals surface area contributed by atoms with Crippen LogP contribution in [0.4, 0.5) is 8.78 Å². The van der Waals surface area contributed by atoms with Crippen LogP contribution in [0.15, 0.2) is 71.8 Å². The third-order valence-electron chi connectivity index (χ3n) is 6.45. The summed E-state index contributed by atoms with van der Waals surface area (Å²) < 4.78 is 27.2. The molecular weight excluding hydrogens is 390 g/mol. The monoisotopic (exact) mass is 422 g/mol. The number of rotatable bonds is 8. The summed E-state index contributed by atoms with van der Waals surface area (Å²) in [5.74, 6) is -0.208. The molecule has 164 valence electrons. The molecule has 2 aromatic carbocycles. The highest BCUT2D eigenvalue weighted by molar-refractivity contribution is 5.39. The molecule has 1 saturated heterocycles. The van der Waals surface area contributed by atoms with Crippen molar-refractivity contribution < 1.29 is 8.78 Å². The van der Waals surface area contributed by atoms with E-state index in [0.29, 0.717) is 12.5 Å². The molecule has 1 heterocycles. The number of aryl methyl sites for hydroxylation is 1. The largest absolute Gasteiger partial charge is 0.311 e. The lowest BCUT2D eigenvalue weighted by Gasteiger charge is -2.40. The fourth-order valence-electron chi connectivity index (χ4n) is 4.58. The van der Waals surface area contributed by atoms with Crippen molar-refractivity contribution in [2.45, 2.75) is 51.4 Å². The van der Waals surface area contributed by atoms with E-state index in [-0.39, 0.29) is 5.82 Å². The highest BCUT2D eigenvalue weighted by atomic mass is 19.1. The van der Waals surface area contributed by atoms with Gasteiger partial charge in [-0.2, -0.15) is 0 Å². The van der Waals surface area contributed by atoms with Crippen molar-refractivity contribution in [3.63, 3.8) is 0 Å². The average molecular weight is 423 g/mol. The van der Waals surface area contributed by atoms with E-state index in [1.54, 1.807) is 0 Å². The van der Waals surface area contributed by atoms with Gasteiger partial charge in [-0.25, -0.2) is 8.78 Å². The summed E-state index contributed by atoms with van der Waals surface area (Å²) in [6, 6.07) is 15.9.